The lowest BCUT2D eigenvalue weighted by Crippen LogP contribution is -2.50. The first kappa shape index (κ1) is 21.9. The van der Waals surface area contributed by atoms with Crippen LogP contribution >= 0.6 is 23.4 Å². The predicted molar refractivity (Wildman–Crippen MR) is 126 cm³/mol. The number of para-hydroxylation sites is 1. The zero-order valence-corrected chi connectivity index (χ0v) is 19.3. The topological polar surface area (TPSA) is 54.3 Å². The molecule has 162 valence electrons. The summed E-state index contributed by atoms with van der Waals surface area (Å²) in [6, 6.07) is 17.5. The van der Waals surface area contributed by atoms with Gasteiger partial charge >= 0.3 is 0 Å². The van der Waals surface area contributed by atoms with E-state index < -0.39 is 0 Å². The minimum Gasteiger partial charge on any atom is -0.339 e. The number of thioether (sulfide) groups is 1. The fourth-order valence-electron chi connectivity index (χ4n) is 3.69. The van der Waals surface area contributed by atoms with Crippen molar-refractivity contribution in [2.45, 2.75) is 24.3 Å². The lowest BCUT2D eigenvalue weighted by atomic mass is 10.2. The molecule has 2 heterocycles. The summed E-state index contributed by atoms with van der Waals surface area (Å²) in [5.41, 5.74) is 1.87. The zero-order chi connectivity index (χ0) is 21.8. The zero-order valence-electron chi connectivity index (χ0n) is 17.7. The van der Waals surface area contributed by atoms with Crippen molar-refractivity contribution in [2.75, 3.05) is 32.7 Å². The summed E-state index contributed by atoms with van der Waals surface area (Å²) in [5, 5.41) is 10.0. The number of piperazine rings is 1. The second-order valence-electron chi connectivity index (χ2n) is 7.50. The van der Waals surface area contributed by atoms with Gasteiger partial charge in [-0.15, -0.1) is 10.2 Å². The highest BCUT2D eigenvalue weighted by Gasteiger charge is 2.27. The van der Waals surface area contributed by atoms with Gasteiger partial charge in [-0.2, -0.15) is 0 Å². The Hall–Kier alpha value is -2.35. The third-order valence-corrected chi connectivity index (χ3v) is 6.79. The van der Waals surface area contributed by atoms with E-state index in [-0.39, 0.29) is 11.2 Å². The molecule has 1 aliphatic heterocycles. The Morgan fingerprint density at radius 1 is 1.03 bits per heavy atom. The smallest absolute Gasteiger partial charge is 0.235 e. The van der Waals surface area contributed by atoms with E-state index >= 15 is 0 Å². The second kappa shape index (κ2) is 9.85. The molecule has 0 spiro atoms. The number of rotatable bonds is 6. The van der Waals surface area contributed by atoms with E-state index in [0.29, 0.717) is 10.2 Å². The molecular formula is C23H26ClN5OS. The standard InChI is InChI=1S/C23H26ClN5OS/c1-3-27-13-15-28(16-14-27)22(30)17(2)31-23-26-25-21(18-9-11-19(24)12-10-18)29(23)20-7-5-4-6-8-20/h4-12,17H,3,13-16H2,1-2H3. The van der Waals surface area contributed by atoms with Crippen molar-refractivity contribution < 1.29 is 4.79 Å². The molecule has 4 rings (SSSR count). The highest BCUT2D eigenvalue weighted by atomic mass is 35.5. The average Bonchev–Trinajstić information content (AvgIpc) is 3.23. The van der Waals surface area contributed by atoms with Crippen LogP contribution in [0.2, 0.25) is 5.02 Å². The van der Waals surface area contributed by atoms with E-state index in [1.165, 1.54) is 11.8 Å². The Kier molecular flexibility index (Phi) is 6.95. The minimum atomic E-state index is -0.252. The van der Waals surface area contributed by atoms with Gasteiger partial charge in [0, 0.05) is 42.5 Å². The summed E-state index contributed by atoms with van der Waals surface area (Å²) in [6.45, 7) is 8.55. The highest BCUT2D eigenvalue weighted by Crippen LogP contribution is 2.31. The van der Waals surface area contributed by atoms with Gasteiger partial charge < -0.3 is 9.80 Å². The van der Waals surface area contributed by atoms with E-state index in [9.17, 15) is 4.79 Å². The van der Waals surface area contributed by atoms with Crippen molar-refractivity contribution in [1.82, 2.24) is 24.6 Å². The fraction of sp³-hybridized carbons (Fsp3) is 0.348. The summed E-state index contributed by atoms with van der Waals surface area (Å²) < 4.78 is 2.01. The van der Waals surface area contributed by atoms with Crippen LogP contribution in [-0.2, 0) is 4.79 Å². The van der Waals surface area contributed by atoms with Gasteiger partial charge in [0.1, 0.15) is 0 Å². The van der Waals surface area contributed by atoms with Crippen molar-refractivity contribution in [3.05, 3.63) is 59.6 Å². The highest BCUT2D eigenvalue weighted by molar-refractivity contribution is 8.00. The molecule has 8 heteroatoms. The monoisotopic (exact) mass is 455 g/mol. The molecule has 1 amide bonds. The first-order valence-corrected chi connectivity index (χ1v) is 11.8. The van der Waals surface area contributed by atoms with Gasteiger partial charge in [0.25, 0.3) is 0 Å². The number of halogens is 1. The van der Waals surface area contributed by atoms with Gasteiger partial charge in [-0.25, -0.2) is 0 Å². The number of carbonyl (C=O) groups excluding carboxylic acids is 1. The molecule has 2 aromatic carbocycles. The van der Waals surface area contributed by atoms with Gasteiger partial charge in [0.05, 0.1) is 5.25 Å². The molecule has 0 radical (unpaired) electrons. The summed E-state index contributed by atoms with van der Waals surface area (Å²) >= 11 is 7.52. The van der Waals surface area contributed by atoms with Crippen molar-refractivity contribution in [3.63, 3.8) is 0 Å². The largest absolute Gasteiger partial charge is 0.339 e. The van der Waals surface area contributed by atoms with Gasteiger partial charge in [-0.1, -0.05) is 48.5 Å². The molecule has 0 saturated carbocycles. The Morgan fingerprint density at radius 3 is 2.35 bits per heavy atom. The number of likely N-dealkylation sites (N-methyl/N-ethyl adjacent to an activating group) is 1. The molecule has 1 aromatic heterocycles. The third-order valence-electron chi connectivity index (χ3n) is 5.51. The molecule has 0 N–H and O–H groups in total. The summed E-state index contributed by atoms with van der Waals surface area (Å²) in [4.78, 5) is 17.4. The van der Waals surface area contributed by atoms with Crippen molar-refractivity contribution in [1.29, 1.82) is 0 Å². The Balaban J connectivity index is 1.59. The molecule has 1 atom stereocenters. The SMILES string of the molecule is CCN1CCN(C(=O)C(C)Sc2nnc(-c3ccc(Cl)cc3)n2-c2ccccc2)CC1. The maximum atomic E-state index is 13.1. The van der Waals surface area contributed by atoms with Crippen LogP contribution in [0, 0.1) is 0 Å². The van der Waals surface area contributed by atoms with Gasteiger partial charge in [-0.3, -0.25) is 9.36 Å². The number of amides is 1. The predicted octanol–water partition coefficient (Wildman–Crippen LogP) is 4.23. The van der Waals surface area contributed by atoms with Crippen LogP contribution in [0.3, 0.4) is 0 Å². The maximum Gasteiger partial charge on any atom is 0.235 e. The molecule has 0 bridgehead atoms. The third kappa shape index (κ3) is 4.95. The molecule has 1 unspecified atom stereocenters. The van der Waals surface area contributed by atoms with E-state index in [1.807, 2.05) is 71.0 Å². The van der Waals surface area contributed by atoms with Crippen LogP contribution in [0.25, 0.3) is 17.1 Å². The van der Waals surface area contributed by atoms with Gasteiger partial charge in [0.2, 0.25) is 5.91 Å². The van der Waals surface area contributed by atoms with Crippen molar-refractivity contribution >= 4 is 29.3 Å². The van der Waals surface area contributed by atoms with Gasteiger partial charge in [-0.05, 0) is 49.9 Å². The van der Waals surface area contributed by atoms with Crippen molar-refractivity contribution in [3.8, 4) is 17.1 Å². The second-order valence-corrected chi connectivity index (χ2v) is 9.25. The number of hydrogen-bond donors (Lipinski definition) is 0. The summed E-state index contributed by atoms with van der Waals surface area (Å²) in [6.07, 6.45) is 0. The molecular weight excluding hydrogens is 430 g/mol. The Morgan fingerprint density at radius 2 is 1.71 bits per heavy atom. The lowest BCUT2D eigenvalue weighted by Gasteiger charge is -2.35. The maximum absolute atomic E-state index is 13.1. The number of aromatic nitrogens is 3. The quantitative estimate of drug-likeness (QED) is 0.520. The van der Waals surface area contributed by atoms with Gasteiger partial charge in [0.15, 0.2) is 11.0 Å². The number of nitrogens with zero attached hydrogens (tertiary/aromatic N) is 5. The molecule has 6 nitrogen and oxygen atoms in total. The molecule has 1 fully saturated rings. The Labute approximate surface area is 192 Å². The fourth-order valence-corrected chi connectivity index (χ4v) is 4.77. The summed E-state index contributed by atoms with van der Waals surface area (Å²) in [7, 11) is 0. The number of carbonyl (C=O) groups is 1. The average molecular weight is 456 g/mol. The minimum absolute atomic E-state index is 0.149. The molecule has 0 aliphatic carbocycles. The molecule has 1 aliphatic rings. The van der Waals surface area contributed by atoms with Crippen molar-refractivity contribution in [2.24, 2.45) is 0 Å². The number of benzene rings is 2. The normalized spacial score (nSPS) is 15.8. The molecule has 3 aromatic rings. The van der Waals surface area contributed by atoms with E-state index in [2.05, 4.69) is 22.0 Å². The van der Waals surface area contributed by atoms with Crippen LogP contribution in [0.5, 0.6) is 0 Å². The van der Waals surface area contributed by atoms with Crippen LogP contribution in [-0.4, -0.2) is 68.4 Å². The van der Waals surface area contributed by atoms with Crippen LogP contribution in [0.4, 0.5) is 0 Å². The summed E-state index contributed by atoms with van der Waals surface area (Å²) in [5.74, 6) is 0.873. The Bertz CT molecular complexity index is 1020. The lowest BCUT2D eigenvalue weighted by molar-refractivity contribution is -0.132. The van der Waals surface area contributed by atoms with E-state index in [1.54, 1.807) is 0 Å². The molecule has 31 heavy (non-hydrogen) atoms. The van der Waals surface area contributed by atoms with E-state index in [0.717, 1.165) is 49.8 Å². The molecule has 1 saturated heterocycles. The first-order chi connectivity index (χ1) is 15.1. The number of hydrogen-bond acceptors (Lipinski definition) is 5. The van der Waals surface area contributed by atoms with E-state index in [4.69, 9.17) is 11.6 Å². The first-order valence-electron chi connectivity index (χ1n) is 10.5. The van der Waals surface area contributed by atoms with Crippen LogP contribution < -0.4 is 0 Å². The van der Waals surface area contributed by atoms with Crippen LogP contribution in [0.1, 0.15) is 13.8 Å². The van der Waals surface area contributed by atoms with Crippen LogP contribution in [0.15, 0.2) is 59.8 Å².